The smallest absolute Gasteiger partial charge is 0.365 e. The third-order valence-electron chi connectivity index (χ3n) is 5.59. The Morgan fingerprint density at radius 1 is 0.895 bits per heavy atom. The van der Waals surface area contributed by atoms with Crippen LogP contribution in [0.5, 0.6) is 5.75 Å². The van der Waals surface area contributed by atoms with Crippen LogP contribution in [0.4, 0.5) is 5.69 Å². The number of sulfonamides is 1. The minimum atomic E-state index is -4.43. The number of anilines is 1. The van der Waals surface area contributed by atoms with Gasteiger partial charge in [-0.05, 0) is 79.7 Å². The molecule has 1 unspecified atom stereocenters. The van der Waals surface area contributed by atoms with E-state index in [2.05, 4.69) is 0 Å². The fraction of sp³-hybridized carbons (Fsp3) is 0.464. The van der Waals surface area contributed by atoms with Gasteiger partial charge in [-0.25, -0.2) is 18.0 Å². The Bertz CT molecular complexity index is 1310. The number of nitrogens with zero attached hydrogens (tertiary/aromatic N) is 1. The first-order valence-corrected chi connectivity index (χ1v) is 13.7. The van der Waals surface area contributed by atoms with Crippen LogP contribution in [0.25, 0.3) is 0 Å². The van der Waals surface area contributed by atoms with Gasteiger partial charge in [-0.2, -0.15) is 0 Å². The van der Waals surface area contributed by atoms with Gasteiger partial charge in [0.25, 0.3) is 10.0 Å². The highest BCUT2D eigenvalue weighted by molar-refractivity contribution is 7.92. The zero-order valence-electron chi connectivity index (χ0n) is 23.0. The van der Waals surface area contributed by atoms with Crippen LogP contribution in [0.3, 0.4) is 0 Å². The van der Waals surface area contributed by atoms with Gasteiger partial charge in [0, 0.05) is 6.42 Å². The Morgan fingerprint density at radius 3 is 1.87 bits per heavy atom. The molecule has 1 aliphatic rings. The van der Waals surface area contributed by atoms with Gasteiger partial charge >= 0.3 is 17.5 Å². The number of Topliss-reactive ketones (excluding diaryl/α,β-unsaturated/α-hetero) is 1. The highest BCUT2D eigenvalue weighted by Crippen LogP contribution is 2.46. The number of ketones is 1. The van der Waals surface area contributed by atoms with Crippen LogP contribution < -0.4 is 9.04 Å². The summed E-state index contributed by atoms with van der Waals surface area (Å²) in [5, 5.41) is 0. The van der Waals surface area contributed by atoms with E-state index in [0.29, 0.717) is 0 Å². The SMILES string of the molecule is CC(=O)CC1N(S(=O)(=O)c2ccc(C)cc2)c2ccccc2OC1(C(=O)OC(C)(C)C)C(=O)OC(C)(C)C. The zero-order chi connectivity index (χ0) is 28.7. The van der Waals surface area contributed by atoms with Crippen molar-refractivity contribution in [1.82, 2.24) is 0 Å². The van der Waals surface area contributed by atoms with E-state index >= 15 is 0 Å². The molecule has 2 aromatic carbocycles. The van der Waals surface area contributed by atoms with Gasteiger partial charge in [0.15, 0.2) is 0 Å². The highest BCUT2D eigenvalue weighted by atomic mass is 32.2. The number of ether oxygens (including phenoxy) is 3. The molecular weight excluding hydrogens is 510 g/mol. The van der Waals surface area contributed by atoms with E-state index in [-0.39, 0.29) is 16.3 Å². The summed E-state index contributed by atoms with van der Waals surface area (Å²) in [6.07, 6.45) is -0.530. The summed E-state index contributed by atoms with van der Waals surface area (Å²) in [4.78, 5) is 40.4. The Kier molecular flexibility index (Phi) is 7.71. The van der Waals surface area contributed by atoms with E-state index in [0.717, 1.165) is 9.87 Å². The first-order valence-electron chi connectivity index (χ1n) is 12.2. The minimum absolute atomic E-state index is 0.0558. The first kappa shape index (κ1) is 29.2. The predicted molar refractivity (Wildman–Crippen MR) is 141 cm³/mol. The number of fused-ring (bicyclic) bond motifs is 1. The molecule has 0 saturated carbocycles. The molecule has 38 heavy (non-hydrogen) atoms. The molecule has 0 aromatic heterocycles. The molecule has 1 atom stereocenters. The van der Waals surface area contributed by atoms with Crippen LogP contribution in [0.15, 0.2) is 53.4 Å². The molecule has 0 radical (unpaired) electrons. The normalized spacial score (nSPS) is 17.2. The van der Waals surface area contributed by atoms with Crippen LogP contribution in [0.2, 0.25) is 0 Å². The number of carbonyl (C=O) groups is 3. The molecule has 0 spiro atoms. The van der Waals surface area contributed by atoms with Crippen molar-refractivity contribution in [1.29, 1.82) is 0 Å². The number of rotatable bonds is 6. The summed E-state index contributed by atoms with van der Waals surface area (Å²) < 4.78 is 46.7. The van der Waals surface area contributed by atoms with Crippen LogP contribution in [-0.4, -0.2) is 49.0 Å². The maximum Gasteiger partial charge on any atom is 0.365 e. The number of hydrogen-bond donors (Lipinski definition) is 0. The topological polar surface area (TPSA) is 116 Å². The summed E-state index contributed by atoms with van der Waals surface area (Å²) in [7, 11) is -4.43. The van der Waals surface area contributed by atoms with Crippen molar-refractivity contribution in [3.05, 3.63) is 54.1 Å². The number of para-hydroxylation sites is 2. The van der Waals surface area contributed by atoms with Gasteiger partial charge in [-0.1, -0.05) is 29.8 Å². The van der Waals surface area contributed by atoms with Crippen molar-refractivity contribution in [3.63, 3.8) is 0 Å². The van der Waals surface area contributed by atoms with Gasteiger partial charge in [0.05, 0.1) is 10.6 Å². The Hall–Kier alpha value is -3.40. The van der Waals surface area contributed by atoms with Crippen LogP contribution in [0, 0.1) is 6.92 Å². The summed E-state index contributed by atoms with van der Waals surface area (Å²) in [5.74, 6) is -2.86. The molecule has 3 rings (SSSR count). The lowest BCUT2D eigenvalue weighted by Gasteiger charge is -2.47. The van der Waals surface area contributed by atoms with Crippen LogP contribution in [0.1, 0.15) is 60.5 Å². The molecule has 0 N–H and O–H groups in total. The lowest BCUT2D eigenvalue weighted by molar-refractivity contribution is -0.195. The van der Waals surface area contributed by atoms with Gasteiger partial charge in [0.1, 0.15) is 28.8 Å². The molecule has 0 saturated heterocycles. The molecule has 1 heterocycles. The van der Waals surface area contributed by atoms with Crippen LogP contribution in [-0.2, 0) is 33.9 Å². The monoisotopic (exact) mass is 545 g/mol. The summed E-state index contributed by atoms with van der Waals surface area (Å²) in [6, 6.07) is 10.6. The largest absolute Gasteiger partial charge is 0.460 e. The second-order valence-corrected chi connectivity index (χ2v) is 13.2. The maximum atomic E-state index is 14.2. The van der Waals surface area contributed by atoms with E-state index in [9.17, 15) is 22.8 Å². The van der Waals surface area contributed by atoms with Gasteiger partial charge in [0.2, 0.25) is 0 Å². The third-order valence-corrected chi connectivity index (χ3v) is 7.43. The summed E-state index contributed by atoms with van der Waals surface area (Å²) in [5.41, 5.74) is -3.88. The average molecular weight is 546 g/mol. The molecule has 0 aliphatic carbocycles. The number of esters is 2. The Labute approximate surface area is 224 Å². The molecule has 0 bridgehead atoms. The van der Waals surface area contributed by atoms with Crippen molar-refractivity contribution in [2.45, 2.75) is 89.6 Å². The van der Waals surface area contributed by atoms with E-state index in [1.807, 2.05) is 6.92 Å². The predicted octanol–water partition coefficient (Wildman–Crippen LogP) is 4.35. The van der Waals surface area contributed by atoms with Crippen molar-refractivity contribution in [2.24, 2.45) is 0 Å². The lowest BCUT2D eigenvalue weighted by atomic mass is 9.87. The number of carbonyl (C=O) groups excluding carboxylic acids is 3. The fourth-order valence-electron chi connectivity index (χ4n) is 4.07. The van der Waals surface area contributed by atoms with E-state index < -0.39 is 57.0 Å². The highest BCUT2D eigenvalue weighted by Gasteiger charge is 2.66. The standard InChI is InChI=1S/C28H35NO8S/c1-18-13-15-20(16-14-18)38(33,34)29-21-11-9-10-12-22(21)35-28(23(29)17-19(2)30,24(31)36-26(3,4)5)25(32)37-27(6,7)8/h9-16,23H,17H2,1-8H3. The van der Waals surface area contributed by atoms with E-state index in [1.165, 1.54) is 31.2 Å². The summed E-state index contributed by atoms with van der Waals surface area (Å²) in [6.45, 7) is 12.7. The quantitative estimate of drug-likeness (QED) is 0.389. The lowest BCUT2D eigenvalue weighted by Crippen LogP contribution is -2.70. The summed E-state index contributed by atoms with van der Waals surface area (Å²) >= 11 is 0. The van der Waals surface area contributed by atoms with Crippen molar-refractivity contribution < 1.29 is 37.0 Å². The molecule has 9 nitrogen and oxygen atoms in total. The van der Waals surface area contributed by atoms with E-state index in [1.54, 1.807) is 65.8 Å². The molecule has 10 heteroatoms. The Balaban J connectivity index is 2.40. The molecule has 206 valence electrons. The van der Waals surface area contributed by atoms with Gasteiger partial charge < -0.3 is 14.2 Å². The van der Waals surface area contributed by atoms with Gasteiger partial charge in [-0.15, -0.1) is 0 Å². The van der Waals surface area contributed by atoms with Crippen molar-refractivity contribution >= 4 is 33.4 Å². The van der Waals surface area contributed by atoms with Crippen molar-refractivity contribution in [3.8, 4) is 5.75 Å². The van der Waals surface area contributed by atoms with E-state index in [4.69, 9.17) is 14.2 Å². The maximum absolute atomic E-state index is 14.2. The molecule has 1 aliphatic heterocycles. The first-order chi connectivity index (χ1) is 17.4. The van der Waals surface area contributed by atoms with Gasteiger partial charge in [-0.3, -0.25) is 9.10 Å². The number of benzene rings is 2. The number of aryl methyl sites for hydroxylation is 1. The second kappa shape index (κ2) is 10.1. The molecule has 2 aromatic rings. The zero-order valence-corrected chi connectivity index (χ0v) is 23.8. The third kappa shape index (κ3) is 5.85. The van der Waals surface area contributed by atoms with Crippen molar-refractivity contribution in [2.75, 3.05) is 4.31 Å². The number of hydrogen-bond acceptors (Lipinski definition) is 8. The second-order valence-electron chi connectivity index (χ2n) is 11.3. The minimum Gasteiger partial charge on any atom is -0.460 e. The Morgan fingerprint density at radius 2 is 1.39 bits per heavy atom. The average Bonchev–Trinajstić information content (AvgIpc) is 2.75. The molecule has 0 amide bonds. The van der Waals surface area contributed by atoms with Crippen LogP contribution >= 0.6 is 0 Å². The fourth-order valence-corrected chi connectivity index (χ4v) is 5.74. The molecule has 0 fully saturated rings. The molecular formula is C28H35NO8S.